The molecular weight excluding hydrogens is 508 g/mol. The number of nitrogens with one attached hydrogen (secondary N) is 1. The summed E-state index contributed by atoms with van der Waals surface area (Å²) in [5, 5.41) is 25.4. The van der Waals surface area contributed by atoms with Crippen LogP contribution >= 0.6 is 0 Å². The van der Waals surface area contributed by atoms with Crippen molar-refractivity contribution in [2.24, 2.45) is 46.5 Å². The molecule has 3 N–H and O–H groups in total. The van der Waals surface area contributed by atoms with Gasteiger partial charge in [0.05, 0.1) is 36.0 Å². The summed E-state index contributed by atoms with van der Waals surface area (Å²) < 4.78 is 11.4. The lowest BCUT2D eigenvalue weighted by Gasteiger charge is -2.52. The summed E-state index contributed by atoms with van der Waals surface area (Å²) in [6.45, 7) is 12.1. The monoisotopic (exact) mass is 558 g/mol. The first-order valence-corrected chi connectivity index (χ1v) is 15.0. The molecule has 3 fully saturated rings. The normalized spacial score (nSPS) is 34.9. The first-order valence-electron chi connectivity index (χ1n) is 15.0. The Hall–Kier alpha value is -1.87. The highest BCUT2D eigenvalue weighted by molar-refractivity contribution is 6.06. The van der Waals surface area contributed by atoms with Gasteiger partial charge in [0.15, 0.2) is 5.78 Å². The zero-order valence-corrected chi connectivity index (χ0v) is 25.4. The summed E-state index contributed by atoms with van der Waals surface area (Å²) in [5.41, 5.74) is 4.98. The van der Waals surface area contributed by atoms with E-state index in [9.17, 15) is 19.8 Å². The molecule has 0 aliphatic heterocycles. The van der Waals surface area contributed by atoms with Crippen LogP contribution < -0.4 is 5.43 Å². The molecule has 0 aromatic rings. The third-order valence-electron chi connectivity index (χ3n) is 10.2. The van der Waals surface area contributed by atoms with E-state index >= 15 is 0 Å². The molecule has 0 heterocycles. The van der Waals surface area contributed by atoms with Crippen molar-refractivity contribution in [3.05, 3.63) is 23.3 Å². The van der Waals surface area contributed by atoms with Gasteiger partial charge in [0.2, 0.25) is 5.91 Å². The molecule has 0 radical (unpaired) electrons. The highest BCUT2D eigenvalue weighted by Crippen LogP contribution is 2.59. The molecule has 0 saturated heterocycles. The molecule has 3 saturated carbocycles. The standard InChI is InChI=1S/C32H50N2O6/c1-18-12-21(33-34-27(38)16-32(5,6)40-11-10-31(3,4)39-7)14-20-8-9-22-23-13-19(2)29(26(37)17-35)24(23)15-25(36)30(22)28(18)20/h12,14,19,22-25,28-30,35-36H,8-11,13,15-17H2,1-7H3,(H,34,38)/b33-21+/t19-,22+,23?,24?,25+,28?,29+,30?/m1/s1. The summed E-state index contributed by atoms with van der Waals surface area (Å²) in [5.74, 6) is 1.08. The van der Waals surface area contributed by atoms with Crippen LogP contribution in [0.25, 0.3) is 0 Å². The molecule has 4 aliphatic rings. The minimum absolute atomic E-state index is 0.0660. The molecule has 0 aromatic carbocycles. The Morgan fingerprint density at radius 1 is 1.10 bits per heavy atom. The van der Waals surface area contributed by atoms with Crippen LogP contribution in [0.3, 0.4) is 0 Å². The third kappa shape index (κ3) is 6.61. The highest BCUT2D eigenvalue weighted by Gasteiger charge is 2.56. The van der Waals surface area contributed by atoms with Crippen LogP contribution in [0.2, 0.25) is 0 Å². The zero-order chi connectivity index (χ0) is 29.4. The number of amides is 1. The largest absolute Gasteiger partial charge is 0.393 e. The number of fused-ring (bicyclic) bond motifs is 5. The van der Waals surface area contributed by atoms with Crippen molar-refractivity contribution < 1.29 is 29.3 Å². The van der Waals surface area contributed by atoms with Crippen molar-refractivity contribution in [3.8, 4) is 0 Å². The number of hydrazone groups is 1. The van der Waals surface area contributed by atoms with Gasteiger partial charge in [-0.1, -0.05) is 18.1 Å². The fourth-order valence-electron chi connectivity index (χ4n) is 8.19. The lowest BCUT2D eigenvalue weighted by atomic mass is 9.54. The number of carbonyl (C=O) groups is 2. The Labute approximate surface area is 239 Å². The molecule has 1 amide bonds. The average Bonchev–Trinajstić information content (AvgIpc) is 3.21. The number of aliphatic hydroxyl groups is 2. The number of methoxy groups -OCH3 is 1. The molecule has 40 heavy (non-hydrogen) atoms. The topological polar surface area (TPSA) is 117 Å². The van der Waals surface area contributed by atoms with Crippen LogP contribution in [0, 0.1) is 41.4 Å². The van der Waals surface area contributed by atoms with E-state index in [0.717, 1.165) is 37.0 Å². The molecule has 8 atom stereocenters. The summed E-state index contributed by atoms with van der Waals surface area (Å²) >= 11 is 0. The Balaban J connectivity index is 1.39. The fourth-order valence-corrected chi connectivity index (χ4v) is 8.19. The molecule has 4 aliphatic carbocycles. The van der Waals surface area contributed by atoms with Crippen LogP contribution in [0.4, 0.5) is 0 Å². The number of ketones is 1. The highest BCUT2D eigenvalue weighted by atomic mass is 16.5. The van der Waals surface area contributed by atoms with Gasteiger partial charge < -0.3 is 19.7 Å². The minimum atomic E-state index is -0.623. The van der Waals surface area contributed by atoms with Crippen LogP contribution in [-0.4, -0.2) is 65.2 Å². The smallest absolute Gasteiger partial charge is 0.242 e. The fraction of sp³-hybridized carbons (Fsp3) is 0.781. The second-order valence-corrected chi connectivity index (χ2v) is 13.9. The lowest BCUT2D eigenvalue weighted by Crippen LogP contribution is -2.49. The van der Waals surface area contributed by atoms with Gasteiger partial charge in [-0.25, -0.2) is 5.43 Å². The predicted molar refractivity (Wildman–Crippen MR) is 154 cm³/mol. The van der Waals surface area contributed by atoms with E-state index in [4.69, 9.17) is 9.47 Å². The zero-order valence-electron chi connectivity index (χ0n) is 25.4. The molecule has 0 aromatic heterocycles. The number of nitrogens with zero attached hydrogens (tertiary/aromatic N) is 1. The molecule has 8 heteroatoms. The van der Waals surface area contributed by atoms with Crippen LogP contribution in [-0.2, 0) is 19.1 Å². The van der Waals surface area contributed by atoms with Gasteiger partial charge in [-0.15, -0.1) is 0 Å². The van der Waals surface area contributed by atoms with Crippen LogP contribution in [0.15, 0.2) is 28.4 Å². The van der Waals surface area contributed by atoms with Gasteiger partial charge in [-0.3, -0.25) is 9.59 Å². The molecular formula is C32H50N2O6. The summed E-state index contributed by atoms with van der Waals surface area (Å²) in [4.78, 5) is 25.2. The van der Waals surface area contributed by atoms with Gasteiger partial charge in [-0.2, -0.15) is 5.10 Å². The first-order chi connectivity index (χ1) is 18.8. The first kappa shape index (κ1) is 31.1. The molecule has 0 spiro atoms. The number of Topliss-reactive ketones (excluding diaryl/α,β-unsaturated/α-hetero) is 1. The minimum Gasteiger partial charge on any atom is -0.393 e. The summed E-state index contributed by atoms with van der Waals surface area (Å²) in [6, 6.07) is 0. The van der Waals surface area contributed by atoms with Crippen molar-refractivity contribution in [2.75, 3.05) is 20.3 Å². The molecule has 224 valence electrons. The van der Waals surface area contributed by atoms with Crippen molar-refractivity contribution in [3.63, 3.8) is 0 Å². The Bertz CT molecular complexity index is 1060. The maximum atomic E-state index is 12.7. The van der Waals surface area contributed by atoms with E-state index in [2.05, 4.69) is 30.5 Å². The SMILES string of the molecule is COC(C)(C)CCOC(C)(C)CC(=O)N/N=C1\C=C(C)C2C(=C1)CC[C@H]1C3C[C@@H](C)[C@H](C(=O)CO)C3C[C@H](O)C21. The van der Waals surface area contributed by atoms with Gasteiger partial charge in [-0.05, 0) is 108 Å². The van der Waals surface area contributed by atoms with Crippen molar-refractivity contribution in [1.29, 1.82) is 0 Å². The van der Waals surface area contributed by atoms with Gasteiger partial charge in [0.25, 0.3) is 0 Å². The molecule has 4 rings (SSSR count). The molecule has 0 bridgehead atoms. The average molecular weight is 559 g/mol. The van der Waals surface area contributed by atoms with Gasteiger partial charge >= 0.3 is 0 Å². The lowest BCUT2D eigenvalue weighted by molar-refractivity contribution is -0.131. The van der Waals surface area contributed by atoms with Gasteiger partial charge in [0, 0.05) is 18.9 Å². The number of hydrogen-bond acceptors (Lipinski definition) is 7. The van der Waals surface area contributed by atoms with E-state index in [-0.39, 0.29) is 53.3 Å². The number of carbonyl (C=O) groups excluding carboxylic acids is 2. The Kier molecular flexibility index (Phi) is 9.45. The maximum Gasteiger partial charge on any atom is 0.242 e. The van der Waals surface area contributed by atoms with E-state index in [1.165, 1.54) is 5.57 Å². The summed E-state index contributed by atoms with van der Waals surface area (Å²) in [6.07, 6.45) is 8.08. The van der Waals surface area contributed by atoms with E-state index in [0.29, 0.717) is 24.9 Å². The van der Waals surface area contributed by atoms with Gasteiger partial charge in [0.1, 0.15) is 6.61 Å². The van der Waals surface area contributed by atoms with Crippen molar-refractivity contribution in [1.82, 2.24) is 5.43 Å². The van der Waals surface area contributed by atoms with Crippen LogP contribution in [0.5, 0.6) is 0 Å². The molecule has 4 unspecified atom stereocenters. The molecule has 8 nitrogen and oxygen atoms in total. The number of rotatable bonds is 10. The number of ether oxygens (including phenoxy) is 2. The van der Waals surface area contributed by atoms with E-state index in [1.54, 1.807) is 7.11 Å². The van der Waals surface area contributed by atoms with Crippen molar-refractivity contribution in [2.45, 2.75) is 97.4 Å². The Morgan fingerprint density at radius 3 is 2.50 bits per heavy atom. The number of allylic oxidation sites excluding steroid dienone is 4. The van der Waals surface area contributed by atoms with E-state index < -0.39 is 18.3 Å². The second kappa shape index (κ2) is 12.2. The number of aliphatic hydroxyl groups excluding tert-OH is 2. The third-order valence-corrected chi connectivity index (χ3v) is 10.2. The quantitative estimate of drug-likeness (QED) is 0.346. The summed E-state index contributed by atoms with van der Waals surface area (Å²) in [7, 11) is 1.68. The van der Waals surface area contributed by atoms with Crippen LogP contribution in [0.1, 0.15) is 80.1 Å². The Morgan fingerprint density at radius 2 is 1.82 bits per heavy atom. The second-order valence-electron chi connectivity index (χ2n) is 13.9. The maximum absolute atomic E-state index is 12.7. The predicted octanol–water partition coefficient (Wildman–Crippen LogP) is 4.20. The van der Waals surface area contributed by atoms with Crippen molar-refractivity contribution >= 4 is 17.4 Å². The number of hydrogen-bond donors (Lipinski definition) is 3. The van der Waals surface area contributed by atoms with E-state index in [1.807, 2.05) is 33.8 Å².